The Morgan fingerprint density at radius 1 is 1.41 bits per heavy atom. The van der Waals surface area contributed by atoms with Gasteiger partial charge in [0.15, 0.2) is 0 Å². The van der Waals surface area contributed by atoms with Crippen LogP contribution in [0.3, 0.4) is 0 Å². The Kier molecular flexibility index (Phi) is 7.34. The molecule has 0 heterocycles. The zero-order valence-electron chi connectivity index (χ0n) is 10.1. The normalized spacial score (nSPS) is 11.2. The van der Waals surface area contributed by atoms with Crippen molar-refractivity contribution in [3.8, 4) is 5.75 Å². The molecular formula is C12H19ClN2O2. The Morgan fingerprint density at radius 2 is 2.00 bits per heavy atom. The van der Waals surface area contributed by atoms with E-state index in [2.05, 4.69) is 12.2 Å². The van der Waals surface area contributed by atoms with E-state index in [-0.39, 0.29) is 18.3 Å². The standard InChI is InChI=1S/C12H18N2O2.ClH/c1-3-8-16-11-6-4-10(5-7-11)14-12(15)9(2)13;/h4-7,9H,3,8,13H2,1-2H3,(H,14,15);1H. The van der Waals surface area contributed by atoms with Gasteiger partial charge in [0.1, 0.15) is 5.75 Å². The second kappa shape index (κ2) is 7.92. The van der Waals surface area contributed by atoms with Crippen LogP contribution in [0.4, 0.5) is 5.69 Å². The summed E-state index contributed by atoms with van der Waals surface area (Å²) in [6.07, 6.45) is 0.975. The van der Waals surface area contributed by atoms with Crippen LogP contribution in [0.5, 0.6) is 5.75 Å². The molecule has 1 unspecified atom stereocenters. The topological polar surface area (TPSA) is 64.3 Å². The third-order valence-corrected chi connectivity index (χ3v) is 2.01. The summed E-state index contributed by atoms with van der Waals surface area (Å²) in [4.78, 5) is 11.3. The van der Waals surface area contributed by atoms with Crippen LogP contribution in [-0.4, -0.2) is 18.6 Å². The van der Waals surface area contributed by atoms with Gasteiger partial charge < -0.3 is 15.8 Å². The number of carbonyl (C=O) groups excluding carboxylic acids is 1. The second-order valence-electron chi connectivity index (χ2n) is 3.65. The van der Waals surface area contributed by atoms with Crippen LogP contribution in [0.15, 0.2) is 24.3 Å². The number of rotatable bonds is 5. The molecule has 4 nitrogen and oxygen atoms in total. The number of hydrogen-bond acceptors (Lipinski definition) is 3. The van der Waals surface area contributed by atoms with Crippen molar-refractivity contribution in [2.45, 2.75) is 26.3 Å². The van der Waals surface area contributed by atoms with E-state index in [1.807, 2.05) is 12.1 Å². The SMILES string of the molecule is CCCOc1ccc(NC(=O)C(C)N)cc1.Cl. The fraction of sp³-hybridized carbons (Fsp3) is 0.417. The zero-order valence-corrected chi connectivity index (χ0v) is 10.9. The molecule has 96 valence electrons. The van der Waals surface area contributed by atoms with E-state index in [1.165, 1.54) is 0 Å². The van der Waals surface area contributed by atoms with Gasteiger partial charge in [0, 0.05) is 5.69 Å². The quantitative estimate of drug-likeness (QED) is 0.851. The van der Waals surface area contributed by atoms with Crippen molar-refractivity contribution in [2.75, 3.05) is 11.9 Å². The fourth-order valence-corrected chi connectivity index (χ4v) is 1.11. The summed E-state index contributed by atoms with van der Waals surface area (Å²) in [5.41, 5.74) is 6.17. The molecule has 0 spiro atoms. The third kappa shape index (κ3) is 5.56. The van der Waals surface area contributed by atoms with Gasteiger partial charge in [-0.15, -0.1) is 12.4 Å². The molecule has 0 aromatic heterocycles. The molecule has 1 atom stereocenters. The maximum absolute atomic E-state index is 11.3. The van der Waals surface area contributed by atoms with Gasteiger partial charge in [-0.05, 0) is 37.6 Å². The van der Waals surface area contributed by atoms with Gasteiger partial charge in [-0.2, -0.15) is 0 Å². The number of amides is 1. The molecule has 3 N–H and O–H groups in total. The molecule has 0 aliphatic carbocycles. The summed E-state index contributed by atoms with van der Waals surface area (Å²) < 4.78 is 5.43. The highest BCUT2D eigenvalue weighted by Crippen LogP contribution is 2.15. The number of nitrogens with two attached hydrogens (primary N) is 1. The van der Waals surface area contributed by atoms with Crippen molar-refractivity contribution >= 4 is 24.0 Å². The van der Waals surface area contributed by atoms with Gasteiger partial charge in [0.2, 0.25) is 5.91 Å². The van der Waals surface area contributed by atoms with Crippen LogP contribution < -0.4 is 15.8 Å². The molecule has 1 aromatic carbocycles. The summed E-state index contributed by atoms with van der Waals surface area (Å²) in [6, 6.07) is 6.74. The Morgan fingerprint density at radius 3 is 2.47 bits per heavy atom. The van der Waals surface area contributed by atoms with Crippen molar-refractivity contribution in [1.82, 2.24) is 0 Å². The average molecular weight is 259 g/mol. The Hall–Kier alpha value is -1.26. The van der Waals surface area contributed by atoms with Gasteiger partial charge in [-0.1, -0.05) is 6.92 Å². The number of benzene rings is 1. The van der Waals surface area contributed by atoms with Gasteiger partial charge in [-0.25, -0.2) is 0 Å². The summed E-state index contributed by atoms with van der Waals surface area (Å²) in [5.74, 6) is 0.614. The molecule has 17 heavy (non-hydrogen) atoms. The Balaban J connectivity index is 0.00000256. The number of anilines is 1. The summed E-state index contributed by atoms with van der Waals surface area (Å²) in [5, 5.41) is 2.71. The molecule has 0 fully saturated rings. The zero-order chi connectivity index (χ0) is 12.0. The molecule has 1 rings (SSSR count). The van der Waals surface area contributed by atoms with E-state index >= 15 is 0 Å². The van der Waals surface area contributed by atoms with Gasteiger partial charge in [0.05, 0.1) is 12.6 Å². The lowest BCUT2D eigenvalue weighted by Gasteiger charge is -2.09. The van der Waals surface area contributed by atoms with Crippen LogP contribution >= 0.6 is 12.4 Å². The van der Waals surface area contributed by atoms with E-state index in [0.29, 0.717) is 6.61 Å². The molecular weight excluding hydrogens is 240 g/mol. The molecule has 5 heteroatoms. The van der Waals surface area contributed by atoms with Gasteiger partial charge in [0.25, 0.3) is 0 Å². The van der Waals surface area contributed by atoms with Crippen molar-refractivity contribution in [3.05, 3.63) is 24.3 Å². The molecule has 0 aliphatic heterocycles. The number of carbonyl (C=O) groups is 1. The largest absolute Gasteiger partial charge is 0.494 e. The van der Waals surface area contributed by atoms with Crippen LogP contribution in [0, 0.1) is 0 Å². The predicted octanol–water partition coefficient (Wildman–Crippen LogP) is 2.18. The van der Waals surface area contributed by atoms with Crippen LogP contribution in [0.2, 0.25) is 0 Å². The first kappa shape index (κ1) is 15.7. The Labute approximate surface area is 108 Å². The van der Waals surface area contributed by atoms with Crippen molar-refractivity contribution < 1.29 is 9.53 Å². The average Bonchev–Trinajstić information content (AvgIpc) is 2.28. The monoisotopic (exact) mass is 258 g/mol. The van der Waals surface area contributed by atoms with Crippen molar-refractivity contribution in [1.29, 1.82) is 0 Å². The number of halogens is 1. The highest BCUT2D eigenvalue weighted by molar-refractivity contribution is 5.94. The maximum Gasteiger partial charge on any atom is 0.240 e. The van der Waals surface area contributed by atoms with E-state index in [1.54, 1.807) is 19.1 Å². The molecule has 0 radical (unpaired) electrons. The van der Waals surface area contributed by atoms with Crippen molar-refractivity contribution in [3.63, 3.8) is 0 Å². The van der Waals surface area contributed by atoms with Crippen molar-refractivity contribution in [2.24, 2.45) is 5.73 Å². The molecule has 0 saturated heterocycles. The smallest absolute Gasteiger partial charge is 0.240 e. The Bertz CT molecular complexity index is 339. The van der Waals surface area contributed by atoms with Gasteiger partial charge in [-0.3, -0.25) is 4.79 Å². The molecule has 0 bridgehead atoms. The van der Waals surface area contributed by atoms with E-state index < -0.39 is 6.04 Å². The van der Waals surface area contributed by atoms with E-state index in [0.717, 1.165) is 17.9 Å². The molecule has 0 aliphatic rings. The first-order valence-corrected chi connectivity index (χ1v) is 5.42. The lowest BCUT2D eigenvalue weighted by atomic mass is 10.2. The first-order chi connectivity index (χ1) is 7.63. The molecule has 1 amide bonds. The molecule has 1 aromatic rings. The first-order valence-electron chi connectivity index (χ1n) is 5.42. The van der Waals surface area contributed by atoms with Gasteiger partial charge >= 0.3 is 0 Å². The van der Waals surface area contributed by atoms with E-state index in [4.69, 9.17) is 10.5 Å². The highest BCUT2D eigenvalue weighted by atomic mass is 35.5. The number of nitrogens with one attached hydrogen (secondary N) is 1. The summed E-state index contributed by atoms with van der Waals surface area (Å²) in [6.45, 7) is 4.40. The minimum Gasteiger partial charge on any atom is -0.494 e. The van der Waals surface area contributed by atoms with E-state index in [9.17, 15) is 4.79 Å². The third-order valence-electron chi connectivity index (χ3n) is 2.01. The van der Waals surface area contributed by atoms with Crippen LogP contribution in [0.1, 0.15) is 20.3 Å². The number of hydrogen-bond donors (Lipinski definition) is 2. The molecule has 0 saturated carbocycles. The fourth-order valence-electron chi connectivity index (χ4n) is 1.11. The maximum atomic E-state index is 11.3. The minimum atomic E-state index is -0.504. The van der Waals surface area contributed by atoms with Crippen LogP contribution in [0.25, 0.3) is 0 Å². The lowest BCUT2D eigenvalue weighted by molar-refractivity contribution is -0.117. The minimum absolute atomic E-state index is 0. The van der Waals surface area contributed by atoms with Crippen LogP contribution in [-0.2, 0) is 4.79 Å². The second-order valence-corrected chi connectivity index (χ2v) is 3.65. The predicted molar refractivity (Wildman–Crippen MR) is 71.8 cm³/mol. The summed E-state index contributed by atoms with van der Waals surface area (Å²) in [7, 11) is 0. The number of ether oxygens (including phenoxy) is 1. The lowest BCUT2D eigenvalue weighted by Crippen LogP contribution is -2.32. The summed E-state index contributed by atoms with van der Waals surface area (Å²) >= 11 is 0. The highest BCUT2D eigenvalue weighted by Gasteiger charge is 2.06.